The van der Waals surface area contributed by atoms with E-state index in [9.17, 15) is 9.59 Å². The van der Waals surface area contributed by atoms with E-state index in [1.165, 1.54) is 0 Å². The molecule has 2 heterocycles. The van der Waals surface area contributed by atoms with Crippen molar-refractivity contribution in [3.8, 4) is 0 Å². The Morgan fingerprint density at radius 1 is 1.36 bits per heavy atom. The number of aromatic nitrogens is 2. The smallest absolute Gasteiger partial charge is 0.310 e. The summed E-state index contributed by atoms with van der Waals surface area (Å²) < 4.78 is 7.14. The van der Waals surface area contributed by atoms with Crippen LogP contribution in [0.15, 0.2) is 18.2 Å². The minimum Gasteiger partial charge on any atom is -0.466 e. The number of nitrogens with zero attached hydrogens (tertiary/aromatic N) is 3. The molecule has 0 spiro atoms. The normalized spacial score (nSPS) is 17.7. The van der Waals surface area contributed by atoms with Crippen molar-refractivity contribution in [1.82, 2.24) is 14.5 Å². The average Bonchev–Trinajstić information content (AvgIpc) is 2.89. The van der Waals surface area contributed by atoms with Gasteiger partial charge in [-0.05, 0) is 44.4 Å². The topological polar surface area (TPSA) is 64.4 Å². The summed E-state index contributed by atoms with van der Waals surface area (Å²) in [5.41, 5.74) is 2.93. The molecule has 0 N–H and O–H groups in total. The van der Waals surface area contributed by atoms with Gasteiger partial charge in [0.05, 0.1) is 30.0 Å². The van der Waals surface area contributed by atoms with Crippen LogP contribution in [0.3, 0.4) is 0 Å². The average molecular weight is 343 g/mol. The summed E-state index contributed by atoms with van der Waals surface area (Å²) in [6.45, 7) is 5.32. The molecule has 0 bridgehead atoms. The lowest BCUT2D eigenvalue weighted by Gasteiger charge is -2.31. The number of carbonyl (C=O) groups excluding carboxylic acids is 2. The predicted octanol–water partition coefficient (Wildman–Crippen LogP) is 2.23. The molecule has 2 aromatic rings. The van der Waals surface area contributed by atoms with Crippen LogP contribution in [-0.2, 0) is 27.8 Å². The molecule has 1 aromatic carbocycles. The fourth-order valence-corrected chi connectivity index (χ4v) is 3.42. The van der Waals surface area contributed by atoms with Crippen molar-refractivity contribution in [3.63, 3.8) is 0 Å². The van der Waals surface area contributed by atoms with Crippen LogP contribution in [0.1, 0.15) is 31.2 Å². The van der Waals surface area contributed by atoms with Crippen molar-refractivity contribution >= 4 is 22.9 Å². The monoisotopic (exact) mass is 343 g/mol. The molecule has 1 aromatic heterocycles. The molecule has 0 aliphatic carbocycles. The van der Waals surface area contributed by atoms with Gasteiger partial charge in [-0.3, -0.25) is 9.59 Å². The van der Waals surface area contributed by atoms with E-state index in [0.717, 1.165) is 35.3 Å². The van der Waals surface area contributed by atoms with Gasteiger partial charge in [0.15, 0.2) is 0 Å². The first-order valence-electron chi connectivity index (χ1n) is 8.86. The number of fused-ring (bicyclic) bond motifs is 1. The summed E-state index contributed by atoms with van der Waals surface area (Å²) in [6, 6.07) is 5.97. The number of benzene rings is 1. The third-order valence-electron chi connectivity index (χ3n) is 4.92. The first-order chi connectivity index (χ1) is 12.0. The predicted molar refractivity (Wildman–Crippen MR) is 95.1 cm³/mol. The van der Waals surface area contributed by atoms with E-state index in [2.05, 4.69) is 4.98 Å². The number of likely N-dealkylation sites (tertiary alicyclic amines) is 1. The minimum absolute atomic E-state index is 0.0565. The molecule has 6 nitrogen and oxygen atoms in total. The first kappa shape index (κ1) is 17.5. The van der Waals surface area contributed by atoms with E-state index >= 15 is 0 Å². The standard InChI is InChI=1S/C19H25N3O3/c1-4-25-19(24)15-6-5-9-22(12-15)18(23)11-14-7-8-17-16(10-14)20-13(2)21(17)3/h7-8,10,15H,4-6,9,11-12H2,1-3H3. The Labute approximate surface area is 147 Å². The number of imidazole rings is 1. The van der Waals surface area contributed by atoms with Crippen molar-refractivity contribution in [2.45, 2.75) is 33.1 Å². The summed E-state index contributed by atoms with van der Waals surface area (Å²) in [5, 5.41) is 0. The molecular formula is C19H25N3O3. The van der Waals surface area contributed by atoms with Crippen LogP contribution in [-0.4, -0.2) is 46.0 Å². The Hall–Kier alpha value is -2.37. The summed E-state index contributed by atoms with van der Waals surface area (Å²) in [4.78, 5) is 30.9. The Morgan fingerprint density at radius 2 is 2.16 bits per heavy atom. The maximum Gasteiger partial charge on any atom is 0.310 e. The van der Waals surface area contributed by atoms with Gasteiger partial charge in [0.2, 0.25) is 5.91 Å². The van der Waals surface area contributed by atoms with Gasteiger partial charge in [-0.2, -0.15) is 0 Å². The van der Waals surface area contributed by atoms with Gasteiger partial charge in [-0.1, -0.05) is 6.07 Å². The van der Waals surface area contributed by atoms with Crippen LogP contribution in [0.4, 0.5) is 0 Å². The Kier molecular flexibility index (Phi) is 5.06. The summed E-state index contributed by atoms with van der Waals surface area (Å²) in [7, 11) is 1.98. The van der Waals surface area contributed by atoms with Crippen LogP contribution in [0.5, 0.6) is 0 Å². The first-order valence-corrected chi connectivity index (χ1v) is 8.86. The third kappa shape index (κ3) is 3.67. The number of aryl methyl sites for hydroxylation is 2. The second-order valence-corrected chi connectivity index (χ2v) is 6.65. The number of ether oxygens (including phenoxy) is 1. The molecule has 1 saturated heterocycles. The van der Waals surface area contributed by atoms with Crippen LogP contribution < -0.4 is 0 Å². The Morgan fingerprint density at radius 3 is 2.92 bits per heavy atom. The zero-order chi connectivity index (χ0) is 18.0. The molecule has 1 aliphatic heterocycles. The number of esters is 1. The summed E-state index contributed by atoms with van der Waals surface area (Å²) in [6.07, 6.45) is 1.97. The lowest BCUT2D eigenvalue weighted by atomic mass is 9.97. The maximum atomic E-state index is 12.6. The highest BCUT2D eigenvalue weighted by Gasteiger charge is 2.29. The summed E-state index contributed by atoms with van der Waals surface area (Å²) in [5.74, 6) is 0.622. The van der Waals surface area contributed by atoms with Gasteiger partial charge in [-0.15, -0.1) is 0 Å². The summed E-state index contributed by atoms with van der Waals surface area (Å²) >= 11 is 0. The number of hydrogen-bond acceptors (Lipinski definition) is 4. The molecule has 1 fully saturated rings. The molecule has 1 amide bonds. The van der Waals surface area contributed by atoms with Gasteiger partial charge in [0, 0.05) is 20.1 Å². The zero-order valence-corrected chi connectivity index (χ0v) is 15.1. The molecule has 6 heteroatoms. The van der Waals surface area contributed by atoms with Gasteiger partial charge in [0.1, 0.15) is 5.82 Å². The van der Waals surface area contributed by atoms with E-state index in [-0.39, 0.29) is 17.8 Å². The maximum absolute atomic E-state index is 12.6. The van der Waals surface area contributed by atoms with E-state index in [0.29, 0.717) is 26.1 Å². The number of carbonyl (C=O) groups is 2. The Balaban J connectivity index is 1.68. The molecule has 134 valence electrons. The van der Waals surface area contributed by atoms with Crippen molar-refractivity contribution in [2.24, 2.45) is 13.0 Å². The number of amides is 1. The highest BCUT2D eigenvalue weighted by atomic mass is 16.5. The number of rotatable bonds is 4. The number of hydrogen-bond donors (Lipinski definition) is 0. The fraction of sp³-hybridized carbons (Fsp3) is 0.526. The highest BCUT2D eigenvalue weighted by molar-refractivity contribution is 5.83. The van der Waals surface area contributed by atoms with Gasteiger partial charge < -0.3 is 14.2 Å². The Bertz CT molecular complexity index is 797. The third-order valence-corrected chi connectivity index (χ3v) is 4.92. The van der Waals surface area contributed by atoms with Gasteiger partial charge in [-0.25, -0.2) is 4.98 Å². The molecule has 1 aliphatic rings. The lowest BCUT2D eigenvalue weighted by Crippen LogP contribution is -2.43. The molecule has 0 saturated carbocycles. The molecule has 1 atom stereocenters. The van der Waals surface area contributed by atoms with Crippen LogP contribution in [0.25, 0.3) is 11.0 Å². The van der Waals surface area contributed by atoms with E-state index in [4.69, 9.17) is 4.74 Å². The molecule has 3 rings (SSSR count). The second kappa shape index (κ2) is 7.25. The van der Waals surface area contributed by atoms with Crippen molar-refractivity contribution in [3.05, 3.63) is 29.6 Å². The molecule has 0 radical (unpaired) electrons. The molecule has 1 unspecified atom stereocenters. The SMILES string of the molecule is CCOC(=O)C1CCCN(C(=O)Cc2ccc3c(c2)nc(C)n3C)C1. The van der Waals surface area contributed by atoms with Gasteiger partial charge in [0.25, 0.3) is 0 Å². The van der Waals surface area contributed by atoms with Crippen molar-refractivity contribution in [2.75, 3.05) is 19.7 Å². The van der Waals surface area contributed by atoms with Gasteiger partial charge >= 0.3 is 5.97 Å². The van der Waals surface area contributed by atoms with E-state index < -0.39 is 0 Å². The fourth-order valence-electron chi connectivity index (χ4n) is 3.42. The van der Waals surface area contributed by atoms with Crippen molar-refractivity contribution in [1.29, 1.82) is 0 Å². The lowest BCUT2D eigenvalue weighted by molar-refractivity contribution is -0.151. The van der Waals surface area contributed by atoms with E-state index in [1.807, 2.05) is 36.7 Å². The minimum atomic E-state index is -0.196. The van der Waals surface area contributed by atoms with Crippen LogP contribution >= 0.6 is 0 Å². The highest BCUT2D eigenvalue weighted by Crippen LogP contribution is 2.20. The van der Waals surface area contributed by atoms with Crippen molar-refractivity contribution < 1.29 is 14.3 Å². The van der Waals surface area contributed by atoms with Crippen LogP contribution in [0, 0.1) is 12.8 Å². The largest absolute Gasteiger partial charge is 0.466 e. The van der Waals surface area contributed by atoms with Crippen LogP contribution in [0.2, 0.25) is 0 Å². The number of piperidine rings is 1. The van der Waals surface area contributed by atoms with E-state index in [1.54, 1.807) is 11.8 Å². The second-order valence-electron chi connectivity index (χ2n) is 6.65. The molecule has 25 heavy (non-hydrogen) atoms. The quantitative estimate of drug-likeness (QED) is 0.799. The zero-order valence-electron chi connectivity index (χ0n) is 15.1. The molecular weight excluding hydrogens is 318 g/mol.